The molecule has 1 saturated heterocycles. The molecule has 1 fully saturated rings. The predicted octanol–water partition coefficient (Wildman–Crippen LogP) is 3.51. The lowest BCUT2D eigenvalue weighted by atomic mass is 9.71. The highest BCUT2D eigenvalue weighted by molar-refractivity contribution is 5.66. The first-order valence-corrected chi connectivity index (χ1v) is 9.50. The van der Waals surface area contributed by atoms with E-state index in [1.807, 2.05) is 18.2 Å². The number of anilines is 1. The van der Waals surface area contributed by atoms with E-state index < -0.39 is 5.41 Å². The van der Waals surface area contributed by atoms with E-state index in [-0.39, 0.29) is 0 Å². The molecule has 0 saturated carbocycles. The van der Waals surface area contributed by atoms with Crippen molar-refractivity contribution in [3.05, 3.63) is 71.0 Å². The molecule has 2 aromatic carbocycles. The number of imidazole rings is 1. The van der Waals surface area contributed by atoms with Crippen LogP contribution in [0.5, 0.6) is 0 Å². The van der Waals surface area contributed by atoms with Crippen molar-refractivity contribution in [1.82, 2.24) is 9.55 Å². The van der Waals surface area contributed by atoms with Gasteiger partial charge in [-0.2, -0.15) is 10.5 Å². The number of nitrogens with zero attached hydrogens (tertiary/aromatic N) is 4. The van der Waals surface area contributed by atoms with Crippen LogP contribution in [0.1, 0.15) is 35.4 Å². The summed E-state index contributed by atoms with van der Waals surface area (Å²) in [6.07, 6.45) is 1.47. The number of nitrogens with two attached hydrogens (primary N) is 1. The second-order valence-electron chi connectivity index (χ2n) is 7.30. The van der Waals surface area contributed by atoms with Crippen LogP contribution in [0.15, 0.2) is 48.5 Å². The molecule has 6 nitrogen and oxygen atoms in total. The van der Waals surface area contributed by atoms with Gasteiger partial charge in [-0.25, -0.2) is 4.98 Å². The monoisotopic (exact) mass is 383 g/mol. The van der Waals surface area contributed by atoms with Gasteiger partial charge in [0.05, 0.1) is 17.3 Å². The number of aromatic nitrogens is 2. The second-order valence-corrected chi connectivity index (χ2v) is 7.30. The molecule has 6 heteroatoms. The Balaban J connectivity index is 1.80. The van der Waals surface area contributed by atoms with Crippen molar-refractivity contribution in [2.45, 2.75) is 18.3 Å². The minimum absolute atomic E-state index is 0.340. The van der Waals surface area contributed by atoms with Crippen LogP contribution in [0.2, 0.25) is 0 Å². The normalized spacial score (nSPS) is 15.4. The third-order valence-corrected chi connectivity index (χ3v) is 5.80. The lowest BCUT2D eigenvalue weighted by Crippen LogP contribution is -2.36. The van der Waals surface area contributed by atoms with E-state index in [0.717, 1.165) is 35.2 Å². The third-order valence-electron chi connectivity index (χ3n) is 5.80. The maximum absolute atomic E-state index is 9.72. The molecule has 3 aromatic rings. The average Bonchev–Trinajstić information content (AvgIpc) is 3.08. The fourth-order valence-electron chi connectivity index (χ4n) is 4.11. The lowest BCUT2D eigenvalue weighted by molar-refractivity contribution is 0.0619. The Hall–Kier alpha value is -3.61. The average molecular weight is 383 g/mol. The Morgan fingerprint density at radius 2 is 1.76 bits per heavy atom. The summed E-state index contributed by atoms with van der Waals surface area (Å²) in [5.74, 6) is 0.340. The Kier molecular flexibility index (Phi) is 4.80. The van der Waals surface area contributed by atoms with Crippen molar-refractivity contribution in [3.8, 4) is 23.3 Å². The van der Waals surface area contributed by atoms with Crippen LogP contribution in [-0.4, -0.2) is 22.8 Å². The van der Waals surface area contributed by atoms with Gasteiger partial charge in [-0.3, -0.25) is 0 Å². The zero-order valence-electron chi connectivity index (χ0n) is 16.2. The Bertz CT molecular complexity index is 1130. The second kappa shape index (κ2) is 7.43. The van der Waals surface area contributed by atoms with Gasteiger partial charge in [-0.1, -0.05) is 36.4 Å². The van der Waals surface area contributed by atoms with Crippen molar-refractivity contribution in [2.24, 2.45) is 7.05 Å². The molecule has 0 amide bonds. The predicted molar refractivity (Wildman–Crippen MR) is 110 cm³/mol. The highest BCUT2D eigenvalue weighted by Crippen LogP contribution is 2.43. The van der Waals surface area contributed by atoms with Crippen LogP contribution in [0.25, 0.3) is 11.1 Å². The van der Waals surface area contributed by atoms with E-state index in [4.69, 9.17) is 15.7 Å². The van der Waals surface area contributed by atoms with Gasteiger partial charge < -0.3 is 15.0 Å². The van der Waals surface area contributed by atoms with Crippen molar-refractivity contribution in [3.63, 3.8) is 0 Å². The van der Waals surface area contributed by atoms with Gasteiger partial charge in [0.1, 0.15) is 11.8 Å². The molecular weight excluding hydrogens is 362 g/mol. The van der Waals surface area contributed by atoms with Crippen molar-refractivity contribution in [2.75, 3.05) is 18.9 Å². The Morgan fingerprint density at radius 1 is 1.03 bits per heavy atom. The first kappa shape index (κ1) is 18.7. The number of nitrogen functional groups attached to an aromatic ring is 1. The van der Waals surface area contributed by atoms with Crippen molar-refractivity contribution < 1.29 is 4.74 Å². The highest BCUT2D eigenvalue weighted by atomic mass is 16.5. The van der Waals surface area contributed by atoms with Crippen LogP contribution < -0.4 is 5.73 Å². The molecule has 0 unspecified atom stereocenters. The quantitative estimate of drug-likeness (QED) is 0.746. The van der Waals surface area contributed by atoms with E-state index in [1.165, 1.54) is 0 Å². The van der Waals surface area contributed by atoms with Gasteiger partial charge in [0.2, 0.25) is 5.95 Å². The largest absolute Gasteiger partial charge is 0.381 e. The standard InChI is InChI=1S/C23H21N5O/c1-28-20(15-25)21(27-22(28)26)23(9-11-29-12-10-23)19-7-5-17(6-8-19)18-4-2-3-16(13-18)14-24/h2-8,13H,9-12H2,1H3,(H2,26,27). The molecule has 1 aliphatic heterocycles. The van der Waals surface area contributed by atoms with E-state index in [0.29, 0.717) is 30.4 Å². The topological polar surface area (TPSA) is 101 Å². The fraction of sp³-hybridized carbons (Fsp3) is 0.261. The first-order chi connectivity index (χ1) is 14.1. The number of hydrogen-bond acceptors (Lipinski definition) is 5. The zero-order valence-corrected chi connectivity index (χ0v) is 16.2. The first-order valence-electron chi connectivity index (χ1n) is 9.50. The lowest BCUT2D eigenvalue weighted by Gasteiger charge is -2.36. The van der Waals surface area contributed by atoms with Gasteiger partial charge in [-0.15, -0.1) is 0 Å². The fourth-order valence-corrected chi connectivity index (χ4v) is 4.11. The van der Waals surface area contributed by atoms with Crippen molar-refractivity contribution >= 4 is 5.95 Å². The van der Waals surface area contributed by atoms with Crippen LogP contribution in [0.3, 0.4) is 0 Å². The molecule has 0 aliphatic carbocycles. The molecular formula is C23H21N5O. The molecule has 144 valence electrons. The molecule has 2 heterocycles. The summed E-state index contributed by atoms with van der Waals surface area (Å²) in [6, 6.07) is 20.3. The highest BCUT2D eigenvalue weighted by Gasteiger charge is 2.41. The Morgan fingerprint density at radius 3 is 2.41 bits per heavy atom. The number of benzene rings is 2. The summed E-state index contributed by atoms with van der Waals surface area (Å²) < 4.78 is 7.26. The summed E-state index contributed by atoms with van der Waals surface area (Å²) in [5.41, 5.74) is 10.6. The van der Waals surface area contributed by atoms with E-state index in [9.17, 15) is 5.26 Å². The molecule has 0 spiro atoms. The summed E-state index contributed by atoms with van der Waals surface area (Å²) in [6.45, 7) is 1.21. The van der Waals surface area contributed by atoms with Crippen LogP contribution >= 0.6 is 0 Å². The molecule has 0 bridgehead atoms. The summed E-state index contributed by atoms with van der Waals surface area (Å²) in [5, 5.41) is 18.9. The molecule has 2 N–H and O–H groups in total. The van der Waals surface area contributed by atoms with Crippen LogP contribution in [0.4, 0.5) is 5.95 Å². The zero-order chi connectivity index (χ0) is 20.4. The van der Waals surface area contributed by atoms with Crippen molar-refractivity contribution in [1.29, 1.82) is 10.5 Å². The number of rotatable bonds is 3. The maximum Gasteiger partial charge on any atom is 0.201 e. The molecule has 29 heavy (non-hydrogen) atoms. The Labute approximate surface area is 169 Å². The summed E-state index contributed by atoms with van der Waals surface area (Å²) >= 11 is 0. The molecule has 1 aliphatic rings. The van der Waals surface area contributed by atoms with Gasteiger partial charge >= 0.3 is 0 Å². The number of nitriles is 2. The molecule has 4 rings (SSSR count). The maximum atomic E-state index is 9.72. The molecule has 0 atom stereocenters. The minimum Gasteiger partial charge on any atom is -0.381 e. The summed E-state index contributed by atoms with van der Waals surface area (Å²) in [4.78, 5) is 4.58. The van der Waals surface area contributed by atoms with Crippen LogP contribution in [0, 0.1) is 22.7 Å². The van der Waals surface area contributed by atoms with Gasteiger partial charge in [-0.05, 0) is 41.7 Å². The number of hydrogen-bond donors (Lipinski definition) is 1. The van der Waals surface area contributed by atoms with E-state index >= 15 is 0 Å². The molecule has 0 radical (unpaired) electrons. The molecule has 1 aromatic heterocycles. The van der Waals surface area contributed by atoms with Gasteiger partial charge in [0, 0.05) is 25.7 Å². The van der Waals surface area contributed by atoms with E-state index in [1.54, 1.807) is 17.7 Å². The van der Waals surface area contributed by atoms with Gasteiger partial charge in [0.15, 0.2) is 0 Å². The minimum atomic E-state index is -0.411. The third kappa shape index (κ3) is 3.14. The summed E-state index contributed by atoms with van der Waals surface area (Å²) in [7, 11) is 1.77. The smallest absolute Gasteiger partial charge is 0.201 e. The SMILES string of the molecule is Cn1c(N)nc(C2(c3ccc(-c4cccc(C#N)c4)cc3)CCOCC2)c1C#N. The van der Waals surface area contributed by atoms with Crippen LogP contribution in [-0.2, 0) is 17.2 Å². The number of ether oxygens (including phenoxy) is 1. The van der Waals surface area contributed by atoms with Gasteiger partial charge in [0.25, 0.3) is 0 Å². The van der Waals surface area contributed by atoms with E-state index in [2.05, 4.69) is 41.4 Å².